The number of hydrogen-bond donors (Lipinski definition) is 0. The summed E-state index contributed by atoms with van der Waals surface area (Å²) in [5.74, 6) is -0.786. The van der Waals surface area contributed by atoms with E-state index in [1.807, 2.05) is 48.5 Å². The van der Waals surface area contributed by atoms with Crippen molar-refractivity contribution in [3.8, 4) is 0 Å². The normalized spacial score (nSPS) is 22.3. The minimum absolute atomic E-state index is 0.220. The number of rotatable bonds is 14. The molecule has 6 nitrogen and oxygen atoms in total. The van der Waals surface area contributed by atoms with Gasteiger partial charge in [0.05, 0.1) is 24.3 Å². The summed E-state index contributed by atoms with van der Waals surface area (Å²) >= 11 is 0. The number of esters is 2. The maximum atomic E-state index is 12.8. The number of aryl methyl sites for hydroxylation is 2. The molecule has 38 heavy (non-hydrogen) atoms. The van der Waals surface area contributed by atoms with Gasteiger partial charge in [-0.05, 0) is 61.1 Å². The van der Waals surface area contributed by atoms with Gasteiger partial charge in [0.15, 0.2) is 12.2 Å². The number of fused-ring (bicyclic) bond motifs is 1. The highest BCUT2D eigenvalue weighted by Gasteiger charge is 2.51. The Morgan fingerprint density at radius 3 is 1.39 bits per heavy atom. The molecular formula is C32H42O6. The Morgan fingerprint density at radius 2 is 1.03 bits per heavy atom. The van der Waals surface area contributed by atoms with Crippen LogP contribution in [0.1, 0.15) is 97.1 Å². The molecule has 2 aromatic carbocycles. The summed E-state index contributed by atoms with van der Waals surface area (Å²) in [4.78, 5) is 25.5. The summed E-state index contributed by atoms with van der Waals surface area (Å²) in [6.45, 7) is 4.85. The highest BCUT2D eigenvalue weighted by atomic mass is 16.7. The molecule has 2 aliphatic heterocycles. The zero-order valence-electron chi connectivity index (χ0n) is 22.9. The third kappa shape index (κ3) is 7.67. The van der Waals surface area contributed by atoms with E-state index < -0.39 is 36.4 Å². The van der Waals surface area contributed by atoms with Crippen LogP contribution in [-0.4, -0.2) is 49.6 Å². The molecule has 2 aliphatic rings. The Balaban J connectivity index is 1.23. The molecular weight excluding hydrogens is 480 g/mol. The first-order chi connectivity index (χ1) is 18.6. The summed E-state index contributed by atoms with van der Waals surface area (Å²) in [5.41, 5.74) is 3.49. The van der Waals surface area contributed by atoms with Crippen molar-refractivity contribution in [3.05, 3.63) is 70.8 Å². The van der Waals surface area contributed by atoms with Gasteiger partial charge in [-0.1, -0.05) is 76.6 Å². The number of benzene rings is 2. The summed E-state index contributed by atoms with van der Waals surface area (Å²) in [6.07, 6.45) is 9.82. The number of unbranched alkanes of at least 4 members (excludes halogenated alkanes) is 6. The van der Waals surface area contributed by atoms with Crippen LogP contribution in [0.3, 0.4) is 0 Å². The molecule has 2 saturated heterocycles. The Labute approximate surface area is 227 Å². The Kier molecular flexibility index (Phi) is 10.8. The molecule has 0 spiro atoms. The fourth-order valence-electron chi connectivity index (χ4n) is 5.17. The maximum absolute atomic E-state index is 12.8. The molecule has 0 saturated carbocycles. The summed E-state index contributed by atoms with van der Waals surface area (Å²) < 4.78 is 23.2. The van der Waals surface area contributed by atoms with Crippen LogP contribution in [-0.2, 0) is 31.8 Å². The first kappa shape index (κ1) is 28.3. The number of hydrogen-bond acceptors (Lipinski definition) is 6. The average molecular weight is 523 g/mol. The molecule has 0 aromatic heterocycles. The largest absolute Gasteiger partial charge is 0.453 e. The van der Waals surface area contributed by atoms with E-state index in [1.54, 1.807) is 0 Å². The number of carbonyl (C=O) groups excluding carboxylic acids is 2. The molecule has 6 heteroatoms. The molecule has 0 N–H and O–H groups in total. The van der Waals surface area contributed by atoms with Crippen LogP contribution in [0.4, 0.5) is 0 Å². The van der Waals surface area contributed by atoms with Crippen LogP contribution in [0.5, 0.6) is 0 Å². The predicted molar refractivity (Wildman–Crippen MR) is 146 cm³/mol. The van der Waals surface area contributed by atoms with Crippen molar-refractivity contribution in [2.45, 2.75) is 102 Å². The van der Waals surface area contributed by atoms with Gasteiger partial charge in [-0.15, -0.1) is 0 Å². The van der Waals surface area contributed by atoms with E-state index in [2.05, 4.69) is 13.8 Å². The molecule has 0 amide bonds. The first-order valence-electron chi connectivity index (χ1n) is 14.4. The van der Waals surface area contributed by atoms with Crippen molar-refractivity contribution < 1.29 is 28.5 Å². The van der Waals surface area contributed by atoms with Gasteiger partial charge in [-0.25, -0.2) is 9.59 Å². The second-order valence-electron chi connectivity index (χ2n) is 10.5. The SMILES string of the molecule is CCCCCCc1ccc(C(=O)O[C@H]2CO[C@H]3[C@@H]2OC[C@H]3OC(=O)c2ccc(CCCCCC)cc2)cc1. The van der Waals surface area contributed by atoms with Gasteiger partial charge in [0.1, 0.15) is 12.2 Å². The highest BCUT2D eigenvalue weighted by molar-refractivity contribution is 5.90. The lowest BCUT2D eigenvalue weighted by molar-refractivity contribution is -0.0287. The van der Waals surface area contributed by atoms with Crippen LogP contribution >= 0.6 is 0 Å². The summed E-state index contributed by atoms with van der Waals surface area (Å²) in [7, 11) is 0. The molecule has 2 fully saturated rings. The minimum atomic E-state index is -0.531. The second-order valence-corrected chi connectivity index (χ2v) is 10.5. The van der Waals surface area contributed by atoms with Crippen molar-refractivity contribution in [1.82, 2.24) is 0 Å². The third-order valence-electron chi connectivity index (χ3n) is 7.50. The van der Waals surface area contributed by atoms with Gasteiger partial charge in [-0.2, -0.15) is 0 Å². The molecule has 0 bridgehead atoms. The van der Waals surface area contributed by atoms with E-state index in [0.717, 1.165) is 25.7 Å². The third-order valence-corrected chi connectivity index (χ3v) is 7.50. The summed E-state index contributed by atoms with van der Waals surface area (Å²) in [5, 5.41) is 0. The second kappa shape index (κ2) is 14.5. The van der Waals surface area contributed by atoms with E-state index in [-0.39, 0.29) is 13.2 Å². The van der Waals surface area contributed by atoms with Crippen LogP contribution < -0.4 is 0 Å². The lowest BCUT2D eigenvalue weighted by atomic mass is 10.0. The van der Waals surface area contributed by atoms with Gasteiger partial charge >= 0.3 is 11.9 Å². The van der Waals surface area contributed by atoms with Crippen LogP contribution in [0, 0.1) is 0 Å². The van der Waals surface area contributed by atoms with Gasteiger partial charge in [-0.3, -0.25) is 0 Å². The fraction of sp³-hybridized carbons (Fsp3) is 0.562. The standard InChI is InChI=1S/C32H42O6/c1-3-5-7-9-11-23-13-17-25(18-14-23)31(33)37-27-21-35-30-28(22-36-29(27)30)38-32(34)26-19-15-24(16-20-26)12-10-8-6-4-2/h13-20,27-30H,3-12,21-22H2,1-2H3/t27-,28+,29-,30-/m1/s1. The monoisotopic (exact) mass is 522 g/mol. The van der Waals surface area contributed by atoms with Crippen LogP contribution in [0.2, 0.25) is 0 Å². The quantitative estimate of drug-likeness (QED) is 0.209. The Bertz CT molecular complexity index is 932. The highest BCUT2D eigenvalue weighted by Crippen LogP contribution is 2.31. The lowest BCUT2D eigenvalue weighted by Gasteiger charge is -2.17. The van der Waals surface area contributed by atoms with Crippen molar-refractivity contribution >= 4 is 11.9 Å². The van der Waals surface area contributed by atoms with Gasteiger partial charge < -0.3 is 18.9 Å². The topological polar surface area (TPSA) is 71.1 Å². The zero-order chi connectivity index (χ0) is 26.7. The lowest BCUT2D eigenvalue weighted by Crippen LogP contribution is -2.36. The maximum Gasteiger partial charge on any atom is 0.338 e. The Morgan fingerprint density at radius 1 is 0.632 bits per heavy atom. The van der Waals surface area contributed by atoms with E-state index >= 15 is 0 Å². The van der Waals surface area contributed by atoms with Crippen molar-refractivity contribution in [2.24, 2.45) is 0 Å². The fourth-order valence-corrected chi connectivity index (χ4v) is 5.17. The molecule has 0 radical (unpaired) electrons. The van der Waals surface area contributed by atoms with Gasteiger partial charge in [0.2, 0.25) is 0 Å². The van der Waals surface area contributed by atoms with E-state index in [9.17, 15) is 9.59 Å². The van der Waals surface area contributed by atoms with Gasteiger partial charge in [0, 0.05) is 0 Å². The molecule has 4 rings (SSSR count). The average Bonchev–Trinajstić information content (AvgIpc) is 3.53. The van der Waals surface area contributed by atoms with Crippen LogP contribution in [0.15, 0.2) is 48.5 Å². The minimum Gasteiger partial charge on any atom is -0.453 e. The van der Waals surface area contributed by atoms with E-state index in [4.69, 9.17) is 18.9 Å². The van der Waals surface area contributed by atoms with Crippen LogP contribution in [0.25, 0.3) is 0 Å². The van der Waals surface area contributed by atoms with Gasteiger partial charge in [0.25, 0.3) is 0 Å². The summed E-state index contributed by atoms with van der Waals surface area (Å²) in [6, 6.07) is 15.3. The first-order valence-corrected chi connectivity index (χ1v) is 14.4. The van der Waals surface area contributed by atoms with Crippen molar-refractivity contribution in [1.29, 1.82) is 0 Å². The number of ether oxygens (including phenoxy) is 4. The molecule has 0 unspecified atom stereocenters. The smallest absolute Gasteiger partial charge is 0.338 e. The zero-order valence-corrected chi connectivity index (χ0v) is 22.9. The molecule has 4 atom stereocenters. The molecule has 2 heterocycles. The van der Waals surface area contributed by atoms with Crippen molar-refractivity contribution in [3.63, 3.8) is 0 Å². The predicted octanol–water partition coefficient (Wildman–Crippen LogP) is 6.48. The van der Waals surface area contributed by atoms with Crippen molar-refractivity contribution in [2.75, 3.05) is 13.2 Å². The van der Waals surface area contributed by atoms with E-state index in [1.165, 1.54) is 49.7 Å². The number of carbonyl (C=O) groups is 2. The van der Waals surface area contributed by atoms with E-state index in [0.29, 0.717) is 11.1 Å². The molecule has 206 valence electrons. The Hall–Kier alpha value is -2.70. The molecule has 2 aromatic rings. The molecule has 0 aliphatic carbocycles.